The van der Waals surface area contributed by atoms with Crippen LogP contribution in [0.1, 0.15) is 20.0 Å². The SMILES string of the molecule is [2H]c1c([2H])c([2H])c2c(C=O)c([2H])c([2H])c([2H])c2c1[2H]. The van der Waals surface area contributed by atoms with Crippen LogP contribution in [0.4, 0.5) is 0 Å². The van der Waals surface area contributed by atoms with Gasteiger partial charge in [-0.1, -0.05) is 42.3 Å². The molecule has 0 radical (unpaired) electrons. The largest absolute Gasteiger partial charge is 0.298 e. The molecular formula is C11H8O. The van der Waals surface area contributed by atoms with Crippen LogP contribution in [0.3, 0.4) is 0 Å². The van der Waals surface area contributed by atoms with Gasteiger partial charge in [-0.25, -0.2) is 0 Å². The first kappa shape index (κ1) is 2.70. The van der Waals surface area contributed by atoms with Crippen molar-refractivity contribution in [1.29, 1.82) is 0 Å². The average molecular weight is 163 g/mol. The molecule has 0 aliphatic heterocycles. The Balaban J connectivity index is 3.25. The molecule has 2 rings (SSSR count). The molecule has 12 heavy (non-hydrogen) atoms. The molecule has 0 amide bonds. The molecule has 2 aromatic rings. The molecule has 0 aromatic heterocycles. The van der Waals surface area contributed by atoms with Gasteiger partial charge in [0.05, 0.1) is 9.60 Å². The molecule has 0 bridgehead atoms. The van der Waals surface area contributed by atoms with Crippen molar-refractivity contribution < 1.29 is 14.4 Å². The van der Waals surface area contributed by atoms with Crippen LogP contribution in [0.5, 0.6) is 0 Å². The van der Waals surface area contributed by atoms with E-state index >= 15 is 0 Å². The summed E-state index contributed by atoms with van der Waals surface area (Å²) in [6.07, 6.45) is 0.280. The summed E-state index contributed by atoms with van der Waals surface area (Å²) in [7, 11) is 0. The van der Waals surface area contributed by atoms with Crippen molar-refractivity contribution in [3.8, 4) is 0 Å². The number of hydrogen-bond acceptors (Lipinski definition) is 1. The van der Waals surface area contributed by atoms with Gasteiger partial charge in [0.15, 0.2) is 6.29 Å². The highest BCUT2D eigenvalue weighted by atomic mass is 16.1. The molecule has 0 spiro atoms. The van der Waals surface area contributed by atoms with Crippen LogP contribution in [0.15, 0.2) is 42.3 Å². The Labute approximate surface area is 80.5 Å². The summed E-state index contributed by atoms with van der Waals surface area (Å²) in [5.74, 6) is 0. The molecule has 0 fully saturated rings. The highest BCUT2D eigenvalue weighted by Gasteiger charge is 1.96. The highest BCUT2D eigenvalue weighted by molar-refractivity contribution is 5.97. The molecule has 58 valence electrons. The number of rotatable bonds is 1. The predicted octanol–water partition coefficient (Wildman–Crippen LogP) is 2.65. The maximum Gasteiger partial charge on any atom is 0.150 e. The first-order valence-corrected chi connectivity index (χ1v) is 3.27. The Morgan fingerprint density at radius 2 is 1.83 bits per heavy atom. The van der Waals surface area contributed by atoms with E-state index in [0.717, 1.165) is 0 Å². The van der Waals surface area contributed by atoms with E-state index < -0.39 is 42.3 Å². The lowest BCUT2D eigenvalue weighted by Crippen LogP contribution is -1.81. The van der Waals surface area contributed by atoms with E-state index in [9.17, 15) is 4.79 Å². The second-order valence-electron chi connectivity index (χ2n) is 2.16. The third-order valence-electron chi connectivity index (χ3n) is 1.46. The fourth-order valence-electron chi connectivity index (χ4n) is 0.920. The standard InChI is InChI=1S/C11H8O/c12-8-10-6-3-5-9-4-1-2-7-11(9)10/h1-8H/i1D,2D,3D,4D,5D,6D,7D. The van der Waals surface area contributed by atoms with Gasteiger partial charge in [0, 0.05) is 5.56 Å². The molecule has 1 heteroatoms. The van der Waals surface area contributed by atoms with Gasteiger partial charge in [-0.3, -0.25) is 4.79 Å². The molecular weight excluding hydrogens is 148 g/mol. The molecule has 0 atom stereocenters. The Morgan fingerprint density at radius 1 is 1.08 bits per heavy atom. The summed E-state index contributed by atoms with van der Waals surface area (Å²) < 4.78 is 53.5. The molecule has 0 saturated carbocycles. The van der Waals surface area contributed by atoms with Crippen LogP contribution in [-0.4, -0.2) is 6.29 Å². The van der Waals surface area contributed by atoms with Gasteiger partial charge in [-0.05, 0) is 10.8 Å². The average Bonchev–Trinajstić information content (AvgIpc) is 2.40. The van der Waals surface area contributed by atoms with Gasteiger partial charge in [-0.15, -0.1) is 0 Å². The predicted molar refractivity (Wildman–Crippen MR) is 49.3 cm³/mol. The second kappa shape index (κ2) is 2.78. The van der Waals surface area contributed by atoms with Gasteiger partial charge < -0.3 is 0 Å². The third-order valence-corrected chi connectivity index (χ3v) is 1.46. The molecule has 0 saturated heterocycles. The number of hydrogen-bond donors (Lipinski definition) is 0. The lowest BCUT2D eigenvalue weighted by Gasteiger charge is -1.98. The summed E-state index contributed by atoms with van der Waals surface area (Å²) in [5, 5.41) is -0.374. The minimum atomic E-state index is -0.530. The molecule has 1 nitrogen and oxygen atoms in total. The molecule has 0 unspecified atom stereocenters. The summed E-state index contributed by atoms with van der Waals surface area (Å²) in [6, 6.07) is -3.51. The van der Waals surface area contributed by atoms with Crippen LogP contribution < -0.4 is 0 Å². The van der Waals surface area contributed by atoms with Crippen molar-refractivity contribution in [3.05, 3.63) is 47.9 Å². The lowest BCUT2D eigenvalue weighted by molar-refractivity contribution is 0.112. The van der Waals surface area contributed by atoms with E-state index in [1.165, 1.54) is 0 Å². The normalized spacial score (nSPS) is 18.2. The van der Waals surface area contributed by atoms with Crippen LogP contribution in [0, 0.1) is 0 Å². The minimum absolute atomic E-state index is 0.174. The van der Waals surface area contributed by atoms with E-state index in [1.54, 1.807) is 0 Å². The molecule has 0 N–H and O–H groups in total. The zero-order valence-corrected chi connectivity index (χ0v) is 5.99. The summed E-state index contributed by atoms with van der Waals surface area (Å²) in [5.41, 5.74) is -0.289. The van der Waals surface area contributed by atoms with Crippen LogP contribution in [0.25, 0.3) is 10.8 Å². The fraction of sp³-hybridized carbons (Fsp3) is 0. The van der Waals surface area contributed by atoms with Crippen LogP contribution in [0.2, 0.25) is 0 Å². The van der Waals surface area contributed by atoms with Gasteiger partial charge in [0.2, 0.25) is 0 Å². The van der Waals surface area contributed by atoms with Crippen molar-refractivity contribution >= 4 is 17.1 Å². The highest BCUT2D eigenvalue weighted by Crippen LogP contribution is 2.16. The number of carbonyl (C=O) groups is 1. The maximum absolute atomic E-state index is 11.0. The van der Waals surface area contributed by atoms with E-state index in [0.29, 0.717) is 0 Å². The molecule has 0 aliphatic rings. The Bertz CT molecular complexity index is 715. The Morgan fingerprint density at radius 3 is 2.67 bits per heavy atom. The fourth-order valence-corrected chi connectivity index (χ4v) is 0.920. The smallest absolute Gasteiger partial charge is 0.150 e. The van der Waals surface area contributed by atoms with E-state index in [2.05, 4.69) is 0 Å². The van der Waals surface area contributed by atoms with Crippen molar-refractivity contribution in [2.45, 2.75) is 0 Å². The zero-order chi connectivity index (χ0) is 14.5. The van der Waals surface area contributed by atoms with Crippen LogP contribution in [-0.2, 0) is 0 Å². The quantitative estimate of drug-likeness (QED) is 0.591. The number of fused-ring (bicyclic) bond motifs is 1. The van der Waals surface area contributed by atoms with Gasteiger partial charge in [0.1, 0.15) is 0 Å². The first-order chi connectivity index (χ1) is 8.82. The van der Waals surface area contributed by atoms with E-state index in [1.807, 2.05) is 0 Å². The Kier molecular flexibility index (Phi) is 0.625. The van der Waals surface area contributed by atoms with Crippen molar-refractivity contribution in [2.75, 3.05) is 0 Å². The molecule has 0 heterocycles. The van der Waals surface area contributed by atoms with Crippen molar-refractivity contribution in [1.82, 2.24) is 0 Å². The zero-order valence-electron chi connectivity index (χ0n) is 13.0. The number of aldehydes is 1. The first-order valence-electron chi connectivity index (χ1n) is 6.77. The van der Waals surface area contributed by atoms with Crippen LogP contribution >= 0.6 is 0 Å². The summed E-state index contributed by atoms with van der Waals surface area (Å²) in [4.78, 5) is 11.0. The minimum Gasteiger partial charge on any atom is -0.298 e. The summed E-state index contributed by atoms with van der Waals surface area (Å²) in [6.45, 7) is 0. The molecule has 0 aliphatic carbocycles. The van der Waals surface area contributed by atoms with Gasteiger partial charge >= 0.3 is 0 Å². The second-order valence-corrected chi connectivity index (χ2v) is 2.16. The maximum atomic E-state index is 11.0. The summed E-state index contributed by atoms with van der Waals surface area (Å²) >= 11 is 0. The van der Waals surface area contributed by atoms with Crippen molar-refractivity contribution in [3.63, 3.8) is 0 Å². The van der Waals surface area contributed by atoms with Crippen molar-refractivity contribution in [2.24, 2.45) is 0 Å². The van der Waals surface area contributed by atoms with E-state index in [4.69, 9.17) is 9.60 Å². The van der Waals surface area contributed by atoms with Gasteiger partial charge in [-0.2, -0.15) is 0 Å². The molecule has 2 aromatic carbocycles. The lowest BCUT2D eigenvalue weighted by atomic mass is 10.1. The Hall–Kier alpha value is -1.63. The van der Waals surface area contributed by atoms with E-state index in [-0.39, 0.29) is 22.6 Å². The topological polar surface area (TPSA) is 17.1 Å². The monoisotopic (exact) mass is 163 g/mol. The number of benzene rings is 2. The van der Waals surface area contributed by atoms with Gasteiger partial charge in [0.25, 0.3) is 0 Å². The third kappa shape index (κ3) is 0.996. The number of carbonyl (C=O) groups excluding carboxylic acids is 1.